The highest BCUT2D eigenvalue weighted by Gasteiger charge is 2.18. The van der Waals surface area contributed by atoms with Crippen LogP contribution in [0, 0.1) is 0 Å². The van der Waals surface area contributed by atoms with E-state index in [-0.39, 0.29) is 18.0 Å². The highest BCUT2D eigenvalue weighted by molar-refractivity contribution is 5.92. The zero-order chi connectivity index (χ0) is 19.8. The Hall–Kier alpha value is -4.06. The molecule has 6 heteroatoms. The summed E-state index contributed by atoms with van der Waals surface area (Å²) in [5, 5.41) is 0.411. The van der Waals surface area contributed by atoms with E-state index in [0.29, 0.717) is 33.6 Å². The van der Waals surface area contributed by atoms with Gasteiger partial charge in [0, 0.05) is 6.07 Å². The van der Waals surface area contributed by atoms with Gasteiger partial charge in [0.15, 0.2) is 16.9 Å². The Morgan fingerprint density at radius 2 is 1.72 bits per heavy atom. The number of ether oxygens (including phenoxy) is 3. The summed E-state index contributed by atoms with van der Waals surface area (Å²) in [6, 6.07) is 18.8. The van der Waals surface area contributed by atoms with Gasteiger partial charge in [-0.05, 0) is 35.9 Å². The van der Waals surface area contributed by atoms with E-state index < -0.39 is 5.97 Å². The molecule has 0 unspecified atom stereocenters. The van der Waals surface area contributed by atoms with Crippen LogP contribution in [0.25, 0.3) is 22.1 Å². The van der Waals surface area contributed by atoms with Crippen molar-refractivity contribution in [3.8, 4) is 28.4 Å². The number of benzene rings is 3. The first-order valence-electron chi connectivity index (χ1n) is 8.92. The van der Waals surface area contributed by atoms with E-state index in [2.05, 4.69) is 0 Å². The molecule has 6 nitrogen and oxygen atoms in total. The number of hydrogen-bond acceptors (Lipinski definition) is 6. The molecule has 3 aromatic carbocycles. The van der Waals surface area contributed by atoms with E-state index in [4.69, 9.17) is 18.6 Å². The normalized spacial score (nSPS) is 12.1. The maximum atomic E-state index is 12.8. The Labute approximate surface area is 164 Å². The van der Waals surface area contributed by atoms with Crippen molar-refractivity contribution in [1.82, 2.24) is 0 Å². The molecule has 0 amide bonds. The SMILES string of the molecule is O=C(Oc1ccc2c(=O)c(-c3ccccc3)coc2c1)c1ccc2c(c1)OCO2. The minimum atomic E-state index is -0.550. The summed E-state index contributed by atoms with van der Waals surface area (Å²) in [6.45, 7) is 0.127. The van der Waals surface area contributed by atoms with E-state index in [1.807, 2.05) is 30.3 Å². The molecule has 0 bridgehead atoms. The minimum absolute atomic E-state index is 0.127. The summed E-state index contributed by atoms with van der Waals surface area (Å²) in [4.78, 5) is 25.2. The number of hydrogen-bond donors (Lipinski definition) is 0. The van der Waals surface area contributed by atoms with Crippen LogP contribution in [0.5, 0.6) is 17.2 Å². The fourth-order valence-electron chi connectivity index (χ4n) is 3.18. The zero-order valence-corrected chi connectivity index (χ0v) is 15.1. The van der Waals surface area contributed by atoms with Gasteiger partial charge in [0.2, 0.25) is 6.79 Å². The lowest BCUT2D eigenvalue weighted by molar-refractivity contribution is 0.0734. The van der Waals surface area contributed by atoms with Crippen molar-refractivity contribution in [1.29, 1.82) is 0 Å². The fraction of sp³-hybridized carbons (Fsp3) is 0.0435. The Bertz CT molecular complexity index is 1290. The molecule has 0 spiro atoms. The molecule has 29 heavy (non-hydrogen) atoms. The highest BCUT2D eigenvalue weighted by Crippen LogP contribution is 2.33. The molecule has 0 radical (unpaired) electrons. The molecule has 0 fully saturated rings. The molecule has 0 saturated carbocycles. The summed E-state index contributed by atoms with van der Waals surface area (Å²) in [7, 11) is 0. The molecular weight excluding hydrogens is 372 g/mol. The highest BCUT2D eigenvalue weighted by atomic mass is 16.7. The molecular formula is C23H14O6. The van der Waals surface area contributed by atoms with Crippen molar-refractivity contribution in [2.45, 2.75) is 0 Å². The van der Waals surface area contributed by atoms with Crippen LogP contribution < -0.4 is 19.6 Å². The van der Waals surface area contributed by atoms with Gasteiger partial charge in [-0.25, -0.2) is 4.79 Å². The van der Waals surface area contributed by atoms with Crippen LogP contribution in [0.1, 0.15) is 10.4 Å². The first kappa shape index (κ1) is 17.1. The molecule has 142 valence electrons. The van der Waals surface area contributed by atoms with E-state index >= 15 is 0 Å². The summed E-state index contributed by atoms with van der Waals surface area (Å²) in [5.74, 6) is 0.808. The third kappa shape index (κ3) is 3.10. The number of esters is 1. The summed E-state index contributed by atoms with van der Waals surface area (Å²) < 4.78 is 21.6. The average Bonchev–Trinajstić information content (AvgIpc) is 3.22. The van der Waals surface area contributed by atoms with Gasteiger partial charge in [0.05, 0.1) is 16.5 Å². The zero-order valence-electron chi connectivity index (χ0n) is 15.1. The molecule has 0 N–H and O–H groups in total. The first-order chi connectivity index (χ1) is 14.2. The monoisotopic (exact) mass is 386 g/mol. The molecule has 1 aromatic heterocycles. The van der Waals surface area contributed by atoms with Gasteiger partial charge >= 0.3 is 5.97 Å². The lowest BCUT2D eigenvalue weighted by Crippen LogP contribution is -2.09. The van der Waals surface area contributed by atoms with Crippen LogP contribution in [0.3, 0.4) is 0 Å². The van der Waals surface area contributed by atoms with Crippen LogP contribution in [0.15, 0.2) is 82.2 Å². The van der Waals surface area contributed by atoms with Crippen LogP contribution >= 0.6 is 0 Å². The van der Waals surface area contributed by atoms with E-state index in [1.54, 1.807) is 30.3 Å². The smallest absolute Gasteiger partial charge is 0.343 e. The van der Waals surface area contributed by atoms with Crippen molar-refractivity contribution in [3.05, 3.63) is 88.8 Å². The van der Waals surface area contributed by atoms with Crippen molar-refractivity contribution in [3.63, 3.8) is 0 Å². The second-order valence-corrected chi connectivity index (χ2v) is 6.46. The Balaban J connectivity index is 1.44. The van der Waals surface area contributed by atoms with E-state index in [9.17, 15) is 9.59 Å². The van der Waals surface area contributed by atoms with Gasteiger partial charge < -0.3 is 18.6 Å². The molecule has 4 aromatic rings. The van der Waals surface area contributed by atoms with Gasteiger partial charge in [-0.3, -0.25) is 4.79 Å². The molecule has 0 saturated heterocycles. The lowest BCUT2D eigenvalue weighted by atomic mass is 10.1. The topological polar surface area (TPSA) is 75.0 Å². The molecule has 5 rings (SSSR count). The lowest BCUT2D eigenvalue weighted by Gasteiger charge is -2.07. The second-order valence-electron chi connectivity index (χ2n) is 6.46. The largest absolute Gasteiger partial charge is 0.463 e. The number of carbonyl (C=O) groups is 1. The van der Waals surface area contributed by atoms with Gasteiger partial charge in [0.1, 0.15) is 17.6 Å². The predicted octanol–water partition coefficient (Wildman–Crippen LogP) is 4.41. The molecule has 1 aliphatic heterocycles. The van der Waals surface area contributed by atoms with Crippen LogP contribution in [-0.4, -0.2) is 12.8 Å². The Kier molecular flexibility index (Phi) is 4.02. The van der Waals surface area contributed by atoms with Crippen molar-refractivity contribution >= 4 is 16.9 Å². The van der Waals surface area contributed by atoms with E-state index in [1.165, 1.54) is 12.3 Å². The maximum Gasteiger partial charge on any atom is 0.343 e. The average molecular weight is 386 g/mol. The van der Waals surface area contributed by atoms with Crippen molar-refractivity contribution in [2.75, 3.05) is 6.79 Å². The van der Waals surface area contributed by atoms with Crippen molar-refractivity contribution in [2.24, 2.45) is 0 Å². The third-order valence-corrected chi connectivity index (χ3v) is 4.65. The van der Waals surface area contributed by atoms with Gasteiger partial charge in [-0.1, -0.05) is 30.3 Å². The number of fused-ring (bicyclic) bond motifs is 2. The van der Waals surface area contributed by atoms with Crippen molar-refractivity contribution < 1.29 is 23.4 Å². The van der Waals surface area contributed by atoms with Crippen LogP contribution in [-0.2, 0) is 0 Å². The first-order valence-corrected chi connectivity index (χ1v) is 8.92. The summed E-state index contributed by atoms with van der Waals surface area (Å²) >= 11 is 0. The fourth-order valence-corrected chi connectivity index (χ4v) is 3.18. The third-order valence-electron chi connectivity index (χ3n) is 4.65. The Morgan fingerprint density at radius 1 is 0.897 bits per heavy atom. The van der Waals surface area contributed by atoms with Gasteiger partial charge in [-0.2, -0.15) is 0 Å². The maximum absolute atomic E-state index is 12.8. The standard InChI is InChI=1S/C23H14O6/c24-22-17-8-7-16(11-20(17)26-12-18(22)14-4-2-1-3-5-14)29-23(25)15-6-9-19-21(10-15)28-13-27-19/h1-12H,13H2. The van der Waals surface area contributed by atoms with Gasteiger partial charge in [0.25, 0.3) is 0 Å². The summed E-state index contributed by atoms with van der Waals surface area (Å²) in [6.07, 6.45) is 1.42. The van der Waals surface area contributed by atoms with Crippen LogP contribution in [0.2, 0.25) is 0 Å². The Morgan fingerprint density at radius 3 is 2.59 bits per heavy atom. The van der Waals surface area contributed by atoms with Gasteiger partial charge in [-0.15, -0.1) is 0 Å². The number of rotatable bonds is 3. The quantitative estimate of drug-likeness (QED) is 0.384. The number of carbonyl (C=O) groups excluding carboxylic acids is 1. The van der Waals surface area contributed by atoms with E-state index in [0.717, 1.165) is 5.56 Å². The summed E-state index contributed by atoms with van der Waals surface area (Å²) in [5.41, 5.74) is 1.77. The molecule has 2 heterocycles. The molecule has 0 atom stereocenters. The van der Waals surface area contributed by atoms with Crippen LogP contribution in [0.4, 0.5) is 0 Å². The predicted molar refractivity (Wildman–Crippen MR) is 105 cm³/mol. The minimum Gasteiger partial charge on any atom is -0.463 e. The molecule has 0 aliphatic carbocycles. The molecule has 1 aliphatic rings. The second kappa shape index (κ2) is 6.83.